The van der Waals surface area contributed by atoms with E-state index >= 15 is 0 Å². The fourth-order valence-electron chi connectivity index (χ4n) is 2.67. The molecule has 28 heavy (non-hydrogen) atoms. The Hall–Kier alpha value is -3.29. The fourth-order valence-corrected chi connectivity index (χ4v) is 2.67. The Kier molecular flexibility index (Phi) is 5.13. The van der Waals surface area contributed by atoms with Crippen LogP contribution >= 0.6 is 0 Å². The van der Waals surface area contributed by atoms with Gasteiger partial charge < -0.3 is 10.1 Å². The third-order valence-corrected chi connectivity index (χ3v) is 4.25. The summed E-state index contributed by atoms with van der Waals surface area (Å²) in [6, 6.07) is 12.1. The predicted octanol–water partition coefficient (Wildman–Crippen LogP) is 5.10. The van der Waals surface area contributed by atoms with Gasteiger partial charge in [-0.3, -0.25) is 9.48 Å². The minimum absolute atomic E-state index is 0.255. The molecule has 0 atom stereocenters. The van der Waals surface area contributed by atoms with Gasteiger partial charge in [0.1, 0.15) is 5.75 Å². The van der Waals surface area contributed by atoms with Gasteiger partial charge in [0.2, 0.25) is 0 Å². The molecule has 0 spiro atoms. The smallest absolute Gasteiger partial charge is 0.435 e. The van der Waals surface area contributed by atoms with Crippen LogP contribution in [0.1, 0.15) is 27.2 Å². The van der Waals surface area contributed by atoms with Crippen LogP contribution < -0.4 is 10.1 Å². The van der Waals surface area contributed by atoms with Gasteiger partial charge in [0.25, 0.3) is 5.91 Å². The van der Waals surface area contributed by atoms with Crippen molar-refractivity contribution in [2.75, 3.05) is 5.32 Å². The van der Waals surface area contributed by atoms with Crippen LogP contribution in [0.5, 0.6) is 11.5 Å². The second kappa shape index (κ2) is 7.38. The average Bonchev–Trinajstić information content (AvgIpc) is 3.03. The van der Waals surface area contributed by atoms with E-state index in [1.807, 2.05) is 26.0 Å². The molecule has 1 aromatic heterocycles. The highest BCUT2D eigenvalue weighted by molar-refractivity contribution is 6.05. The number of anilines is 1. The zero-order valence-corrected chi connectivity index (χ0v) is 15.5. The molecule has 1 N–H and O–H groups in total. The summed E-state index contributed by atoms with van der Waals surface area (Å²) in [7, 11) is 1.32. The molecular weight excluding hydrogens is 371 g/mol. The predicted molar refractivity (Wildman–Crippen MR) is 98.6 cm³/mol. The van der Waals surface area contributed by atoms with Crippen molar-refractivity contribution in [2.45, 2.75) is 20.0 Å². The summed E-state index contributed by atoms with van der Waals surface area (Å²) in [5, 5.41) is 5.85. The topological polar surface area (TPSA) is 56.1 Å². The Bertz CT molecular complexity index is 1030. The molecule has 146 valence electrons. The van der Waals surface area contributed by atoms with Gasteiger partial charge in [-0.15, -0.1) is 0 Å². The summed E-state index contributed by atoms with van der Waals surface area (Å²) in [5.74, 6) is -0.00139. The van der Waals surface area contributed by atoms with Gasteiger partial charge in [0.15, 0.2) is 11.4 Å². The number of carbonyl (C=O) groups excluding carboxylic acids is 1. The second-order valence-electron chi connectivity index (χ2n) is 6.31. The Balaban J connectivity index is 1.90. The third-order valence-electron chi connectivity index (χ3n) is 4.25. The summed E-state index contributed by atoms with van der Waals surface area (Å²) < 4.78 is 46.2. The lowest BCUT2D eigenvalue weighted by Crippen LogP contribution is -2.18. The summed E-state index contributed by atoms with van der Waals surface area (Å²) in [4.78, 5) is 12.5. The number of alkyl halides is 3. The molecule has 0 saturated heterocycles. The molecule has 3 rings (SSSR count). The zero-order valence-electron chi connectivity index (χ0n) is 15.5. The molecule has 5 nitrogen and oxygen atoms in total. The highest BCUT2D eigenvalue weighted by atomic mass is 19.4. The highest BCUT2D eigenvalue weighted by Gasteiger charge is 2.39. The Labute approximate surface area is 159 Å². The summed E-state index contributed by atoms with van der Waals surface area (Å²) in [6.07, 6.45) is -3.70. The molecular formula is C20H18F3N3O2. The van der Waals surface area contributed by atoms with Gasteiger partial charge in [0, 0.05) is 13.2 Å². The van der Waals surface area contributed by atoms with Gasteiger partial charge >= 0.3 is 6.18 Å². The maximum atomic E-state index is 13.1. The Morgan fingerprint density at radius 1 is 1.07 bits per heavy atom. The summed E-state index contributed by atoms with van der Waals surface area (Å²) in [6.45, 7) is 3.84. The van der Waals surface area contributed by atoms with E-state index in [1.165, 1.54) is 7.05 Å². The van der Waals surface area contributed by atoms with Gasteiger partial charge in [-0.05, 0) is 43.2 Å². The van der Waals surface area contributed by atoms with Crippen LogP contribution in [0.4, 0.5) is 18.9 Å². The van der Waals surface area contributed by atoms with Crippen LogP contribution in [0.15, 0.2) is 48.7 Å². The molecule has 2 aromatic carbocycles. The van der Waals surface area contributed by atoms with Crippen LogP contribution in [0, 0.1) is 13.8 Å². The first-order valence-corrected chi connectivity index (χ1v) is 8.42. The van der Waals surface area contributed by atoms with Gasteiger partial charge in [-0.25, -0.2) is 0 Å². The van der Waals surface area contributed by atoms with Crippen LogP contribution in [-0.2, 0) is 13.2 Å². The van der Waals surface area contributed by atoms with Crippen LogP contribution in [0.3, 0.4) is 0 Å². The molecule has 8 heteroatoms. The monoisotopic (exact) mass is 389 g/mol. The lowest BCUT2D eigenvalue weighted by Gasteiger charge is -2.14. The van der Waals surface area contributed by atoms with Gasteiger partial charge in [0.05, 0.1) is 11.3 Å². The first-order chi connectivity index (χ1) is 13.2. The number of nitrogens with zero attached hydrogens (tertiary/aromatic N) is 2. The largest absolute Gasteiger partial charge is 0.455 e. The van der Waals surface area contributed by atoms with Crippen molar-refractivity contribution in [3.05, 3.63) is 71.0 Å². The summed E-state index contributed by atoms with van der Waals surface area (Å²) >= 11 is 0. The number of para-hydroxylation sites is 2. The van der Waals surface area contributed by atoms with Gasteiger partial charge in [-0.1, -0.05) is 24.3 Å². The number of halogens is 3. The normalized spacial score (nSPS) is 11.4. The molecule has 0 fully saturated rings. The standard InChI is InChI=1S/C20H18F3N3O2/c1-12-7-6-10-16(13(12)2)28-17-9-5-4-8-15(17)24-19(27)14-11-26(3)25-18(14)20(21,22)23/h4-11H,1-3H3,(H,24,27). The Morgan fingerprint density at radius 3 is 2.46 bits per heavy atom. The van der Waals surface area contributed by atoms with Crippen molar-refractivity contribution in [1.82, 2.24) is 9.78 Å². The number of aryl methyl sites for hydroxylation is 2. The minimum atomic E-state index is -4.73. The SMILES string of the molecule is Cc1cccc(Oc2ccccc2NC(=O)c2cn(C)nc2C(F)(F)F)c1C. The third kappa shape index (κ3) is 4.00. The number of rotatable bonds is 4. The summed E-state index contributed by atoms with van der Waals surface area (Å²) in [5.41, 5.74) is 0.418. The molecule has 0 aliphatic heterocycles. The van der Waals surface area contributed by atoms with Crippen molar-refractivity contribution in [3.8, 4) is 11.5 Å². The van der Waals surface area contributed by atoms with E-state index in [4.69, 9.17) is 4.74 Å². The van der Waals surface area contributed by atoms with E-state index in [9.17, 15) is 18.0 Å². The molecule has 0 aliphatic carbocycles. The maximum absolute atomic E-state index is 13.1. The molecule has 0 bridgehead atoms. The number of benzene rings is 2. The molecule has 0 radical (unpaired) electrons. The molecule has 1 amide bonds. The number of carbonyl (C=O) groups is 1. The number of nitrogens with one attached hydrogen (secondary N) is 1. The minimum Gasteiger partial charge on any atom is -0.455 e. The van der Waals surface area contributed by atoms with Crippen LogP contribution in [0.2, 0.25) is 0 Å². The van der Waals surface area contributed by atoms with E-state index in [-0.39, 0.29) is 5.69 Å². The number of amides is 1. The first kappa shape index (κ1) is 19.5. The maximum Gasteiger partial charge on any atom is 0.435 e. The number of ether oxygens (including phenoxy) is 1. The number of hydrogen-bond acceptors (Lipinski definition) is 3. The molecule has 0 unspecified atom stereocenters. The van der Waals surface area contributed by atoms with E-state index in [0.29, 0.717) is 11.5 Å². The van der Waals surface area contributed by atoms with Crippen molar-refractivity contribution in [1.29, 1.82) is 0 Å². The van der Waals surface area contributed by atoms with E-state index in [0.717, 1.165) is 22.0 Å². The fraction of sp³-hybridized carbons (Fsp3) is 0.200. The average molecular weight is 389 g/mol. The van der Waals surface area contributed by atoms with Gasteiger partial charge in [-0.2, -0.15) is 18.3 Å². The Morgan fingerprint density at radius 2 is 1.75 bits per heavy atom. The molecule has 1 heterocycles. The lowest BCUT2D eigenvalue weighted by molar-refractivity contribution is -0.141. The first-order valence-electron chi connectivity index (χ1n) is 8.42. The molecule has 3 aromatic rings. The quantitative estimate of drug-likeness (QED) is 0.675. The number of aromatic nitrogens is 2. The second-order valence-corrected chi connectivity index (χ2v) is 6.31. The number of hydrogen-bond donors (Lipinski definition) is 1. The van der Waals surface area contributed by atoms with E-state index < -0.39 is 23.3 Å². The molecule has 0 aliphatic rings. The van der Waals surface area contributed by atoms with Crippen molar-refractivity contribution < 1.29 is 22.7 Å². The van der Waals surface area contributed by atoms with Crippen molar-refractivity contribution in [2.24, 2.45) is 7.05 Å². The van der Waals surface area contributed by atoms with E-state index in [1.54, 1.807) is 30.3 Å². The van der Waals surface area contributed by atoms with E-state index in [2.05, 4.69) is 10.4 Å². The zero-order chi connectivity index (χ0) is 20.5. The van der Waals surface area contributed by atoms with Crippen LogP contribution in [-0.4, -0.2) is 15.7 Å². The van der Waals surface area contributed by atoms with Crippen LogP contribution in [0.25, 0.3) is 0 Å². The highest BCUT2D eigenvalue weighted by Crippen LogP contribution is 2.34. The van der Waals surface area contributed by atoms with Crippen molar-refractivity contribution in [3.63, 3.8) is 0 Å². The van der Waals surface area contributed by atoms with Crippen molar-refractivity contribution >= 4 is 11.6 Å². The lowest BCUT2D eigenvalue weighted by atomic mass is 10.1. The molecule has 0 saturated carbocycles.